The van der Waals surface area contributed by atoms with E-state index in [0.29, 0.717) is 0 Å². The van der Waals surface area contributed by atoms with Crippen LogP contribution in [0.5, 0.6) is 0 Å². The highest BCUT2D eigenvalue weighted by Crippen LogP contribution is 2.23. The number of halogens is 1. The molecule has 0 saturated heterocycles. The van der Waals surface area contributed by atoms with Crippen LogP contribution in [0.25, 0.3) is 0 Å². The first-order chi connectivity index (χ1) is 5.74. The monoisotopic (exact) mass is 227 g/mol. The van der Waals surface area contributed by atoms with Crippen molar-refractivity contribution >= 4 is 21.6 Å². The van der Waals surface area contributed by atoms with Gasteiger partial charge >= 0.3 is 0 Å². The lowest BCUT2D eigenvalue weighted by Crippen LogP contribution is -2.21. The SMILES string of the molecule is CC1CC(=Nn2cc(Br)cn2)C1. The molecule has 1 saturated carbocycles. The normalized spacial score (nSPS) is 22.2. The van der Waals surface area contributed by atoms with E-state index in [1.165, 1.54) is 5.71 Å². The number of hydrogen-bond donors (Lipinski definition) is 0. The molecule has 4 heteroatoms. The van der Waals surface area contributed by atoms with E-state index < -0.39 is 0 Å². The molecule has 0 aromatic carbocycles. The molecule has 1 heterocycles. The second kappa shape index (κ2) is 3.01. The molecule has 1 aromatic rings. The van der Waals surface area contributed by atoms with Gasteiger partial charge in [-0.25, -0.2) is 0 Å². The molecule has 0 spiro atoms. The predicted octanol–water partition coefficient (Wildman–Crippen LogP) is 2.28. The van der Waals surface area contributed by atoms with Crippen LogP contribution in [0, 0.1) is 5.92 Å². The molecule has 0 atom stereocenters. The van der Waals surface area contributed by atoms with Gasteiger partial charge in [-0.05, 0) is 34.7 Å². The molecular weight excluding hydrogens is 218 g/mol. The third-order valence-corrected chi connectivity index (χ3v) is 2.36. The van der Waals surface area contributed by atoms with E-state index in [1.54, 1.807) is 11.0 Å². The molecule has 3 nitrogen and oxygen atoms in total. The Bertz CT molecular complexity index is 308. The maximum Gasteiger partial charge on any atom is 0.0654 e. The van der Waals surface area contributed by atoms with Gasteiger partial charge in [0.05, 0.1) is 16.9 Å². The van der Waals surface area contributed by atoms with Crippen molar-refractivity contribution in [2.24, 2.45) is 11.0 Å². The largest absolute Gasteiger partial charge is 0.160 e. The Morgan fingerprint density at radius 3 is 2.92 bits per heavy atom. The number of nitrogens with zero attached hydrogens (tertiary/aromatic N) is 3. The van der Waals surface area contributed by atoms with Crippen LogP contribution in [-0.4, -0.2) is 15.6 Å². The highest BCUT2D eigenvalue weighted by atomic mass is 79.9. The number of aromatic nitrogens is 2. The smallest absolute Gasteiger partial charge is 0.0654 e. The molecular formula is C8H10BrN3. The van der Waals surface area contributed by atoms with Gasteiger partial charge in [-0.3, -0.25) is 0 Å². The minimum absolute atomic E-state index is 0.808. The first kappa shape index (κ1) is 7.98. The third kappa shape index (κ3) is 1.58. The van der Waals surface area contributed by atoms with Crippen molar-refractivity contribution in [1.82, 2.24) is 9.89 Å². The fourth-order valence-electron chi connectivity index (χ4n) is 1.32. The van der Waals surface area contributed by atoms with Crippen LogP contribution in [0.2, 0.25) is 0 Å². The van der Waals surface area contributed by atoms with Crippen molar-refractivity contribution < 1.29 is 0 Å². The van der Waals surface area contributed by atoms with E-state index in [0.717, 1.165) is 23.2 Å². The molecule has 2 rings (SSSR count). The molecule has 0 amide bonds. The van der Waals surface area contributed by atoms with Crippen LogP contribution in [-0.2, 0) is 0 Å². The predicted molar refractivity (Wildman–Crippen MR) is 51.2 cm³/mol. The quantitative estimate of drug-likeness (QED) is 0.725. The topological polar surface area (TPSA) is 30.2 Å². The first-order valence-electron chi connectivity index (χ1n) is 4.01. The van der Waals surface area contributed by atoms with E-state index in [1.807, 2.05) is 6.20 Å². The van der Waals surface area contributed by atoms with E-state index in [9.17, 15) is 0 Å². The molecule has 1 aliphatic rings. The average molecular weight is 228 g/mol. The van der Waals surface area contributed by atoms with Crippen molar-refractivity contribution in [3.8, 4) is 0 Å². The van der Waals surface area contributed by atoms with Crippen molar-refractivity contribution in [3.63, 3.8) is 0 Å². The van der Waals surface area contributed by atoms with Crippen molar-refractivity contribution in [2.45, 2.75) is 19.8 Å². The molecule has 0 aliphatic heterocycles. The summed E-state index contributed by atoms with van der Waals surface area (Å²) in [4.78, 5) is 1.62. The van der Waals surface area contributed by atoms with Gasteiger partial charge in [0.15, 0.2) is 0 Å². The average Bonchev–Trinajstić information content (AvgIpc) is 2.33. The lowest BCUT2D eigenvalue weighted by molar-refractivity contribution is 0.542. The van der Waals surface area contributed by atoms with Gasteiger partial charge in [-0.1, -0.05) is 6.92 Å². The summed E-state index contributed by atoms with van der Waals surface area (Å²) in [5.41, 5.74) is 1.25. The zero-order valence-corrected chi connectivity index (χ0v) is 8.45. The van der Waals surface area contributed by atoms with Gasteiger partial charge in [0, 0.05) is 5.71 Å². The van der Waals surface area contributed by atoms with E-state index in [4.69, 9.17) is 0 Å². The molecule has 0 radical (unpaired) electrons. The van der Waals surface area contributed by atoms with Gasteiger partial charge < -0.3 is 0 Å². The molecule has 0 unspecified atom stereocenters. The fraction of sp³-hybridized carbons (Fsp3) is 0.500. The van der Waals surface area contributed by atoms with Crippen LogP contribution < -0.4 is 0 Å². The Morgan fingerprint density at radius 1 is 1.67 bits per heavy atom. The lowest BCUT2D eigenvalue weighted by Gasteiger charge is -2.22. The molecule has 1 aliphatic carbocycles. The van der Waals surface area contributed by atoms with Crippen LogP contribution in [0.15, 0.2) is 22.0 Å². The lowest BCUT2D eigenvalue weighted by atomic mass is 9.85. The zero-order valence-electron chi connectivity index (χ0n) is 6.87. The summed E-state index contributed by atoms with van der Waals surface area (Å²) in [6.45, 7) is 2.23. The summed E-state index contributed by atoms with van der Waals surface area (Å²) in [6, 6.07) is 0. The summed E-state index contributed by atoms with van der Waals surface area (Å²) < 4.78 is 0.972. The molecule has 1 aromatic heterocycles. The molecule has 64 valence electrons. The summed E-state index contributed by atoms with van der Waals surface area (Å²) in [7, 11) is 0. The second-order valence-electron chi connectivity index (χ2n) is 3.26. The van der Waals surface area contributed by atoms with Crippen LogP contribution in [0.3, 0.4) is 0 Å². The Kier molecular flexibility index (Phi) is 2.00. The fourth-order valence-corrected chi connectivity index (χ4v) is 1.59. The summed E-state index contributed by atoms with van der Waals surface area (Å²) in [5.74, 6) is 0.808. The van der Waals surface area contributed by atoms with Crippen molar-refractivity contribution in [2.75, 3.05) is 0 Å². The molecule has 1 fully saturated rings. The highest BCUT2D eigenvalue weighted by Gasteiger charge is 2.20. The van der Waals surface area contributed by atoms with Crippen LogP contribution >= 0.6 is 15.9 Å². The third-order valence-electron chi connectivity index (χ3n) is 1.95. The highest BCUT2D eigenvalue weighted by molar-refractivity contribution is 9.10. The first-order valence-corrected chi connectivity index (χ1v) is 4.80. The Labute approximate surface area is 79.6 Å². The minimum Gasteiger partial charge on any atom is -0.160 e. The van der Waals surface area contributed by atoms with Crippen molar-refractivity contribution in [3.05, 3.63) is 16.9 Å². The van der Waals surface area contributed by atoms with E-state index in [-0.39, 0.29) is 0 Å². The van der Waals surface area contributed by atoms with E-state index in [2.05, 4.69) is 33.1 Å². The summed E-state index contributed by atoms with van der Waals surface area (Å²) >= 11 is 3.32. The van der Waals surface area contributed by atoms with E-state index >= 15 is 0 Å². The van der Waals surface area contributed by atoms with Gasteiger partial charge in [-0.15, -0.1) is 0 Å². The number of hydrogen-bond acceptors (Lipinski definition) is 2. The second-order valence-corrected chi connectivity index (χ2v) is 4.17. The maximum absolute atomic E-state index is 4.33. The Balaban J connectivity index is 2.08. The van der Waals surface area contributed by atoms with Crippen molar-refractivity contribution in [1.29, 1.82) is 0 Å². The van der Waals surface area contributed by atoms with Gasteiger partial charge in [0.25, 0.3) is 0 Å². The van der Waals surface area contributed by atoms with Gasteiger partial charge in [0.1, 0.15) is 0 Å². The molecule has 12 heavy (non-hydrogen) atoms. The maximum atomic E-state index is 4.33. The molecule has 0 N–H and O–H groups in total. The Hall–Kier alpha value is -0.640. The standard InChI is InChI=1S/C8H10BrN3/c1-6-2-8(3-6)11-12-5-7(9)4-10-12/h4-6H,2-3H2,1H3. The Morgan fingerprint density at radius 2 is 2.42 bits per heavy atom. The summed E-state index contributed by atoms with van der Waals surface area (Å²) in [6.07, 6.45) is 5.84. The van der Waals surface area contributed by atoms with Crippen LogP contribution in [0.1, 0.15) is 19.8 Å². The minimum atomic E-state index is 0.808. The van der Waals surface area contributed by atoms with Gasteiger partial charge in [0.2, 0.25) is 0 Å². The van der Waals surface area contributed by atoms with Gasteiger partial charge in [-0.2, -0.15) is 15.0 Å². The zero-order chi connectivity index (χ0) is 8.55. The summed E-state index contributed by atoms with van der Waals surface area (Å²) in [5, 5.41) is 8.37. The number of rotatable bonds is 1. The molecule has 0 bridgehead atoms. The van der Waals surface area contributed by atoms with Crippen LogP contribution in [0.4, 0.5) is 0 Å².